The summed E-state index contributed by atoms with van der Waals surface area (Å²) in [5.74, 6) is 0.114. The molecule has 0 fully saturated rings. The first-order chi connectivity index (χ1) is 13.7. The molecule has 5 nitrogen and oxygen atoms in total. The lowest BCUT2D eigenvalue weighted by Crippen LogP contribution is -2.07. The second-order valence-corrected chi connectivity index (χ2v) is 6.48. The van der Waals surface area contributed by atoms with Gasteiger partial charge >= 0.3 is 0 Å². The summed E-state index contributed by atoms with van der Waals surface area (Å²) in [6, 6.07) is 19.9. The number of hydrogen-bond donors (Lipinski definition) is 2. The summed E-state index contributed by atoms with van der Waals surface area (Å²) in [6.07, 6.45) is 5.55. The number of pyridine rings is 2. The lowest BCUT2D eigenvalue weighted by molar-refractivity contribution is 0.473. The smallest absolute Gasteiger partial charge is 0.134 e. The number of nitrogens with one attached hydrogen (secondary N) is 1. The van der Waals surface area contributed by atoms with E-state index in [9.17, 15) is 10.4 Å². The van der Waals surface area contributed by atoms with E-state index in [1.54, 1.807) is 18.5 Å². The van der Waals surface area contributed by atoms with E-state index >= 15 is 0 Å². The van der Waals surface area contributed by atoms with Crippen molar-refractivity contribution in [3.63, 3.8) is 0 Å². The maximum absolute atomic E-state index is 9.72. The molecule has 0 aliphatic rings. The summed E-state index contributed by atoms with van der Waals surface area (Å²) in [6.45, 7) is 0.704. The summed E-state index contributed by atoms with van der Waals surface area (Å²) >= 11 is 0. The van der Waals surface area contributed by atoms with Crippen molar-refractivity contribution in [1.82, 2.24) is 9.97 Å². The largest absolute Gasteiger partial charge is 0.506 e. The Morgan fingerprint density at radius 2 is 1.82 bits per heavy atom. The highest BCUT2D eigenvalue weighted by Crippen LogP contribution is 2.31. The lowest BCUT2D eigenvalue weighted by Gasteiger charge is -2.13. The minimum atomic E-state index is 0.114. The van der Waals surface area contributed by atoms with Crippen LogP contribution in [-0.2, 0) is 6.42 Å². The molecule has 0 saturated carbocycles. The molecule has 2 N–H and O–H groups in total. The molecule has 4 aromatic rings. The van der Waals surface area contributed by atoms with Crippen LogP contribution in [-0.4, -0.2) is 21.6 Å². The molecule has 136 valence electrons. The Balaban J connectivity index is 1.70. The van der Waals surface area contributed by atoms with Gasteiger partial charge < -0.3 is 10.4 Å². The number of hydrogen-bond acceptors (Lipinski definition) is 5. The molecule has 0 atom stereocenters. The second-order valence-electron chi connectivity index (χ2n) is 6.48. The number of fused-ring (bicyclic) bond motifs is 1. The summed E-state index contributed by atoms with van der Waals surface area (Å²) in [7, 11) is 0. The number of nitriles is 1. The van der Waals surface area contributed by atoms with E-state index in [4.69, 9.17) is 0 Å². The van der Waals surface area contributed by atoms with Crippen molar-refractivity contribution in [3.05, 3.63) is 84.3 Å². The van der Waals surface area contributed by atoms with Gasteiger partial charge in [-0.25, -0.2) is 0 Å². The molecule has 0 bridgehead atoms. The molecule has 0 aliphatic heterocycles. The lowest BCUT2D eigenvalue weighted by atomic mass is 10.0. The van der Waals surface area contributed by atoms with Gasteiger partial charge in [0.05, 0.1) is 23.0 Å². The highest BCUT2D eigenvalue weighted by molar-refractivity contribution is 5.96. The van der Waals surface area contributed by atoms with Crippen LogP contribution in [0.4, 0.5) is 5.69 Å². The third kappa shape index (κ3) is 3.62. The fourth-order valence-corrected chi connectivity index (χ4v) is 3.21. The standard InChI is InChI=1S/C23H18N4O/c24-12-19-14-27-22-7-6-17(18-10-20(28)15-25-13-18)11-21(22)23(19)26-9-8-16-4-2-1-3-5-16/h1-7,10-11,13-15,28H,8-9H2,(H,26,27). The van der Waals surface area contributed by atoms with E-state index in [1.165, 1.54) is 11.8 Å². The molecular weight excluding hydrogens is 348 g/mol. The van der Waals surface area contributed by atoms with Gasteiger partial charge in [-0.2, -0.15) is 5.26 Å². The van der Waals surface area contributed by atoms with Gasteiger partial charge in [0.2, 0.25) is 0 Å². The van der Waals surface area contributed by atoms with Gasteiger partial charge in [0.25, 0.3) is 0 Å². The Hall–Kier alpha value is -3.91. The van der Waals surface area contributed by atoms with E-state index < -0.39 is 0 Å². The van der Waals surface area contributed by atoms with Crippen LogP contribution in [0.25, 0.3) is 22.0 Å². The second kappa shape index (κ2) is 7.77. The van der Waals surface area contributed by atoms with Gasteiger partial charge in [-0.3, -0.25) is 9.97 Å². The van der Waals surface area contributed by atoms with Gasteiger partial charge in [-0.1, -0.05) is 36.4 Å². The van der Waals surface area contributed by atoms with Crippen molar-refractivity contribution in [3.8, 4) is 22.9 Å². The molecule has 0 radical (unpaired) electrons. The molecule has 4 rings (SSSR count). The topological polar surface area (TPSA) is 81.8 Å². The van der Waals surface area contributed by atoms with Crippen molar-refractivity contribution in [2.75, 3.05) is 11.9 Å². The number of aromatic nitrogens is 2. The first-order valence-corrected chi connectivity index (χ1v) is 8.99. The molecule has 28 heavy (non-hydrogen) atoms. The van der Waals surface area contributed by atoms with Gasteiger partial charge in [0.15, 0.2) is 0 Å². The van der Waals surface area contributed by atoms with Crippen molar-refractivity contribution in [2.24, 2.45) is 0 Å². The van der Waals surface area contributed by atoms with Crippen LogP contribution in [0.1, 0.15) is 11.1 Å². The molecule has 2 aromatic carbocycles. The Morgan fingerprint density at radius 3 is 2.61 bits per heavy atom. The van der Waals surface area contributed by atoms with Gasteiger partial charge in [0, 0.05) is 29.9 Å². The van der Waals surface area contributed by atoms with E-state index in [0.29, 0.717) is 12.1 Å². The molecule has 2 heterocycles. The van der Waals surface area contributed by atoms with Crippen LogP contribution < -0.4 is 5.32 Å². The van der Waals surface area contributed by atoms with Crippen molar-refractivity contribution in [2.45, 2.75) is 6.42 Å². The third-order valence-electron chi connectivity index (χ3n) is 4.60. The molecular formula is C23H18N4O. The average molecular weight is 366 g/mol. The fourth-order valence-electron chi connectivity index (χ4n) is 3.21. The Labute approximate surface area is 162 Å². The minimum Gasteiger partial charge on any atom is -0.506 e. The zero-order valence-electron chi connectivity index (χ0n) is 15.1. The fraction of sp³-hybridized carbons (Fsp3) is 0.0870. The normalized spacial score (nSPS) is 10.5. The number of rotatable bonds is 5. The van der Waals surface area contributed by atoms with Crippen LogP contribution in [0, 0.1) is 11.3 Å². The maximum Gasteiger partial charge on any atom is 0.134 e. The van der Waals surface area contributed by atoms with Crippen molar-refractivity contribution >= 4 is 16.6 Å². The predicted octanol–water partition coefficient (Wildman–Crippen LogP) is 4.53. The van der Waals surface area contributed by atoms with Gasteiger partial charge in [-0.15, -0.1) is 0 Å². The Morgan fingerprint density at radius 1 is 0.964 bits per heavy atom. The van der Waals surface area contributed by atoms with Crippen LogP contribution in [0.3, 0.4) is 0 Å². The SMILES string of the molecule is N#Cc1cnc2ccc(-c3cncc(O)c3)cc2c1NCCc1ccccc1. The highest BCUT2D eigenvalue weighted by atomic mass is 16.3. The van der Waals surface area contributed by atoms with Crippen molar-refractivity contribution < 1.29 is 5.11 Å². The third-order valence-corrected chi connectivity index (χ3v) is 4.60. The van der Waals surface area contributed by atoms with E-state index in [-0.39, 0.29) is 5.75 Å². The number of benzene rings is 2. The van der Waals surface area contributed by atoms with Gasteiger partial charge in [-0.05, 0) is 35.7 Å². The van der Waals surface area contributed by atoms with Crippen molar-refractivity contribution in [1.29, 1.82) is 5.26 Å². The molecule has 0 saturated heterocycles. The molecule has 0 aliphatic carbocycles. The summed E-state index contributed by atoms with van der Waals surface area (Å²) in [5.41, 5.74) is 5.03. The maximum atomic E-state index is 9.72. The molecule has 0 spiro atoms. The van der Waals surface area contributed by atoms with E-state index in [0.717, 1.165) is 34.1 Å². The minimum absolute atomic E-state index is 0.114. The average Bonchev–Trinajstić information content (AvgIpc) is 2.74. The van der Waals surface area contributed by atoms with Crippen LogP contribution in [0.2, 0.25) is 0 Å². The summed E-state index contributed by atoms with van der Waals surface area (Å²) < 4.78 is 0. The molecule has 0 amide bonds. The Kier molecular flexibility index (Phi) is 4.85. The first kappa shape index (κ1) is 17.5. The Bertz CT molecular complexity index is 1170. The zero-order chi connectivity index (χ0) is 19.3. The first-order valence-electron chi connectivity index (χ1n) is 8.99. The number of nitrogens with zero attached hydrogens (tertiary/aromatic N) is 3. The van der Waals surface area contributed by atoms with E-state index in [2.05, 4.69) is 33.5 Å². The zero-order valence-corrected chi connectivity index (χ0v) is 15.1. The van der Waals surface area contributed by atoms with Gasteiger partial charge in [0.1, 0.15) is 11.8 Å². The number of aromatic hydroxyl groups is 1. The molecule has 5 heteroatoms. The molecule has 2 aromatic heterocycles. The van der Waals surface area contributed by atoms with Crippen LogP contribution >= 0.6 is 0 Å². The highest BCUT2D eigenvalue weighted by Gasteiger charge is 2.10. The van der Waals surface area contributed by atoms with Crippen LogP contribution in [0.15, 0.2) is 73.2 Å². The summed E-state index contributed by atoms with van der Waals surface area (Å²) in [4.78, 5) is 8.45. The number of anilines is 1. The monoisotopic (exact) mass is 366 g/mol. The van der Waals surface area contributed by atoms with E-state index in [1.807, 2.05) is 36.4 Å². The summed E-state index contributed by atoms with van der Waals surface area (Å²) in [5, 5.41) is 23.5. The molecule has 0 unspecified atom stereocenters. The quantitative estimate of drug-likeness (QED) is 0.542. The van der Waals surface area contributed by atoms with Crippen LogP contribution in [0.5, 0.6) is 5.75 Å². The predicted molar refractivity (Wildman–Crippen MR) is 110 cm³/mol.